The number of nitrogens with one attached hydrogen (secondary N) is 3. The average Bonchev–Trinajstić information content (AvgIpc) is 0.769. The van der Waals surface area contributed by atoms with Crippen LogP contribution in [0.25, 0.3) is 0 Å². The zero-order chi connectivity index (χ0) is 72.7. The molecule has 0 unspecified atom stereocenters. The topological polar surface area (TPSA) is 729 Å². The first-order valence-corrected chi connectivity index (χ1v) is 32.8. The van der Waals surface area contributed by atoms with Gasteiger partial charge in [-0.2, -0.15) is 25.3 Å². The van der Waals surface area contributed by atoms with E-state index in [-0.39, 0.29) is 6.61 Å². The van der Waals surface area contributed by atoms with E-state index in [4.69, 9.17) is 62.6 Å². The van der Waals surface area contributed by atoms with Crippen LogP contribution in [0, 0.1) is 0 Å². The van der Waals surface area contributed by atoms with Gasteiger partial charge in [0.15, 0.2) is 74.4 Å². The molecule has 0 spiro atoms. The Labute approximate surface area is 547 Å². The standard InChI is InChI=1S/C47H76N4O43S3/c1-12(55)49-18-21(58)28(15(9-52)81-42(18)80-8-6-4-5-7-48)85-46-35(93-96(74,75)76)26(63)31(37(90-46)40(67)68)88-44-20(51-14(3)57)23(60)30(17(11-54)83-44)86-47-36(94-97(77,78)79)27(64)32(38(91-47)41(69)70)87-43-19(50-13(2)56)22(59)29(16(10-53)82-43)84-45-34(92-95(71,72)73)25(62)24(61)33(89-45)39(65)66/h15-38,42-47,52-54,58-64H,4-11,48H2,1-3H3,(H,49,55)(H,50,56)(H,51,57)(H,65,66)(H,67,68)(H,69,70)(H,71,72,73)(H,74,75,76)(H,77,78,79)/t15-,16-,17-,18-,19-,20-,21-,22-,23-,24+,25+,26+,27+,28-,29-,30-,31+,32+,33-,34-,35-,36-,37-,38-,42-,43-,44-,45-,46-,47-/m1/s1. The molecule has 6 fully saturated rings. The highest BCUT2D eigenvalue weighted by Crippen LogP contribution is 2.39. The second-order valence-electron chi connectivity index (χ2n) is 22.3. The fraction of sp³-hybridized carbons (Fsp3) is 0.872. The van der Waals surface area contributed by atoms with Crippen molar-refractivity contribution in [2.75, 3.05) is 33.0 Å². The molecule has 0 aromatic heterocycles. The van der Waals surface area contributed by atoms with Crippen LogP contribution in [0.15, 0.2) is 0 Å². The summed E-state index contributed by atoms with van der Waals surface area (Å²) in [5.74, 6) is -9.43. The van der Waals surface area contributed by atoms with E-state index in [1.165, 1.54) is 0 Å². The highest BCUT2D eigenvalue weighted by atomic mass is 32.3. The third-order valence-electron chi connectivity index (χ3n) is 15.3. The van der Waals surface area contributed by atoms with E-state index >= 15 is 0 Å². The smallest absolute Gasteiger partial charge is 0.397 e. The number of carboxylic acid groups (broad SMARTS) is 3. The lowest BCUT2D eigenvalue weighted by Gasteiger charge is -2.50. The van der Waals surface area contributed by atoms with Crippen LogP contribution in [0.1, 0.15) is 40.0 Å². The van der Waals surface area contributed by atoms with E-state index in [1.54, 1.807) is 0 Å². The zero-order valence-electron chi connectivity index (χ0n) is 50.5. The Morgan fingerprint density at radius 2 is 0.680 bits per heavy atom. The molecular weight excluding hydrogens is 1400 g/mol. The number of hydrogen-bond donors (Lipinski definition) is 20. The number of unbranched alkanes of at least 4 members (excludes halogenated alkanes) is 2. The number of aliphatic carboxylic acids is 3. The molecule has 47 nitrogen and oxygen atoms in total. The molecule has 6 saturated heterocycles. The summed E-state index contributed by atoms with van der Waals surface area (Å²) in [7, 11) is -17.4. The molecule has 0 aliphatic carbocycles. The summed E-state index contributed by atoms with van der Waals surface area (Å²) in [6.07, 6.45) is -65.1. The molecule has 21 N–H and O–H groups in total. The number of aliphatic hydroxyl groups excluding tert-OH is 10. The summed E-state index contributed by atoms with van der Waals surface area (Å²) in [5.41, 5.74) is 5.53. The van der Waals surface area contributed by atoms with Crippen molar-refractivity contribution >= 4 is 66.8 Å². The highest BCUT2D eigenvalue weighted by molar-refractivity contribution is 7.81. The maximum absolute atomic E-state index is 13.1. The number of carbonyl (C=O) groups is 6. The molecule has 50 heteroatoms. The molecule has 97 heavy (non-hydrogen) atoms. The van der Waals surface area contributed by atoms with Crippen LogP contribution >= 0.6 is 0 Å². The van der Waals surface area contributed by atoms with Gasteiger partial charge in [-0.1, -0.05) is 0 Å². The van der Waals surface area contributed by atoms with Crippen molar-refractivity contribution in [2.45, 2.75) is 224 Å². The summed E-state index contributed by atoms with van der Waals surface area (Å²) in [6.45, 7) is -0.999. The maximum Gasteiger partial charge on any atom is 0.397 e. The van der Waals surface area contributed by atoms with Crippen LogP contribution in [0.5, 0.6) is 0 Å². The molecular formula is C47H76N4O43S3. The van der Waals surface area contributed by atoms with Crippen molar-refractivity contribution in [1.82, 2.24) is 16.0 Å². The number of amides is 3. The summed E-state index contributed by atoms with van der Waals surface area (Å²) >= 11 is 0. The van der Waals surface area contributed by atoms with Gasteiger partial charge in [-0.3, -0.25) is 28.0 Å². The molecule has 0 aromatic rings. The van der Waals surface area contributed by atoms with E-state index < -0.39 is 271 Å². The molecule has 30 atom stereocenters. The lowest BCUT2D eigenvalue weighted by molar-refractivity contribution is -0.376. The summed E-state index contributed by atoms with van der Waals surface area (Å²) < 4.78 is 184. The first-order chi connectivity index (χ1) is 45.1. The molecule has 3 amide bonds. The molecule has 560 valence electrons. The fourth-order valence-corrected chi connectivity index (χ4v) is 12.5. The molecule has 6 heterocycles. The lowest BCUT2D eigenvalue weighted by atomic mass is 9.93. The van der Waals surface area contributed by atoms with Gasteiger partial charge in [0.1, 0.15) is 110 Å². The third-order valence-corrected chi connectivity index (χ3v) is 16.7. The SMILES string of the molecule is CC(=O)N[C@H]1[C@H](OCCCCCN)O[C@H](CO)[C@@H](O[C@@H]2O[C@@H](C(=O)O)[C@@H](O[C@H]3O[C@H](CO)[C@@H](O[C@@H]4O[C@@H](C(=O)O)[C@@H](O[C@H]5O[C@H](CO)[C@@H](O[C@@H]6O[C@@H](C(=O)O)[C@@H](O)[C@H](O)[C@H]6OS(=O)(=O)O)[C@H](O)[C@H]5NC(C)=O)[C@H](O)[C@H]4OS(=O)(=O)O)[C@H](O)[C@H]3NC(C)=O)[C@H](O)[C@H]2OS(=O)(=O)O)[C@@H]1O. The minimum Gasteiger partial charge on any atom is -0.479 e. The Bertz CT molecular complexity index is 3030. The lowest BCUT2D eigenvalue weighted by Crippen LogP contribution is -2.71. The van der Waals surface area contributed by atoms with Gasteiger partial charge in [0.25, 0.3) is 0 Å². The molecule has 6 aliphatic rings. The van der Waals surface area contributed by atoms with Crippen LogP contribution < -0.4 is 21.7 Å². The molecule has 0 radical (unpaired) electrons. The number of ether oxygens (including phenoxy) is 12. The predicted octanol–water partition coefficient (Wildman–Crippen LogP) is -12.8. The van der Waals surface area contributed by atoms with Gasteiger partial charge in [-0.25, -0.2) is 26.9 Å². The van der Waals surface area contributed by atoms with Gasteiger partial charge < -0.3 is 145 Å². The Morgan fingerprint density at radius 3 is 0.979 bits per heavy atom. The predicted molar refractivity (Wildman–Crippen MR) is 293 cm³/mol. The number of nitrogens with two attached hydrogens (primary N) is 1. The highest BCUT2D eigenvalue weighted by Gasteiger charge is 2.62. The number of carboxylic acids is 3. The molecule has 6 aliphatic heterocycles. The van der Waals surface area contributed by atoms with Gasteiger partial charge in [-0.05, 0) is 25.8 Å². The van der Waals surface area contributed by atoms with E-state index in [1.807, 2.05) is 0 Å². The van der Waals surface area contributed by atoms with Gasteiger partial charge in [-0.15, -0.1) is 0 Å². The number of carbonyl (C=O) groups excluding carboxylic acids is 3. The van der Waals surface area contributed by atoms with Gasteiger partial charge in [0.05, 0.1) is 19.8 Å². The van der Waals surface area contributed by atoms with Gasteiger partial charge in [0, 0.05) is 27.4 Å². The Balaban J connectivity index is 1.28. The summed E-state index contributed by atoms with van der Waals surface area (Å²) in [6, 6.07) is -6.05. The number of rotatable bonds is 31. The van der Waals surface area contributed by atoms with Crippen LogP contribution in [0.3, 0.4) is 0 Å². The molecule has 0 saturated carbocycles. The van der Waals surface area contributed by atoms with Crippen molar-refractivity contribution in [3.05, 3.63) is 0 Å². The van der Waals surface area contributed by atoms with E-state index in [2.05, 4.69) is 28.5 Å². The van der Waals surface area contributed by atoms with E-state index in [0.717, 1.165) is 20.8 Å². The molecule has 0 aromatic carbocycles. The monoisotopic (exact) mass is 1480 g/mol. The minimum absolute atomic E-state index is 0.0438. The van der Waals surface area contributed by atoms with E-state index in [0.29, 0.717) is 25.8 Å². The third kappa shape index (κ3) is 20.9. The Morgan fingerprint density at radius 1 is 0.381 bits per heavy atom. The van der Waals surface area contributed by atoms with Gasteiger partial charge >= 0.3 is 49.1 Å². The van der Waals surface area contributed by atoms with Crippen molar-refractivity contribution in [2.24, 2.45) is 5.73 Å². The fourth-order valence-electron chi connectivity index (χ4n) is 11.1. The molecule has 0 bridgehead atoms. The second-order valence-corrected chi connectivity index (χ2v) is 25.4. The Kier molecular flexibility index (Phi) is 28.9. The quantitative estimate of drug-likeness (QED) is 0.0226. The van der Waals surface area contributed by atoms with Crippen LogP contribution in [0.4, 0.5) is 0 Å². The Hall–Kier alpha value is -4.49. The zero-order valence-corrected chi connectivity index (χ0v) is 52.9. The molecule has 6 rings (SSSR count). The average molecular weight is 1480 g/mol. The first-order valence-electron chi connectivity index (χ1n) is 28.7. The first kappa shape index (κ1) is 81.5. The van der Waals surface area contributed by atoms with Crippen molar-refractivity contribution in [3.63, 3.8) is 0 Å². The van der Waals surface area contributed by atoms with Crippen molar-refractivity contribution in [3.8, 4) is 0 Å². The normalized spacial score (nSPS) is 40.7. The number of aliphatic hydroxyl groups is 10. The van der Waals surface area contributed by atoms with Crippen molar-refractivity contribution < 1.29 is 203 Å². The maximum atomic E-state index is 13.1. The van der Waals surface area contributed by atoms with E-state index in [9.17, 15) is 134 Å². The van der Waals surface area contributed by atoms with Crippen LogP contribution in [0.2, 0.25) is 0 Å². The second kappa shape index (κ2) is 34.5. The van der Waals surface area contributed by atoms with Crippen LogP contribution in [-0.4, -0.2) is 358 Å². The van der Waals surface area contributed by atoms with Crippen molar-refractivity contribution in [1.29, 1.82) is 0 Å². The minimum atomic E-state index is -5.95. The number of hydrogen-bond acceptors (Lipinski definition) is 38. The van der Waals surface area contributed by atoms with Gasteiger partial charge in [0.2, 0.25) is 17.7 Å². The largest absolute Gasteiger partial charge is 0.479 e. The van der Waals surface area contributed by atoms with Crippen LogP contribution in [-0.2, 0) is 129 Å². The summed E-state index contributed by atoms with van der Waals surface area (Å²) in [4.78, 5) is 75.8. The summed E-state index contributed by atoms with van der Waals surface area (Å²) in [5, 5.41) is 149.